The summed E-state index contributed by atoms with van der Waals surface area (Å²) in [6.07, 6.45) is 3.48. The van der Waals surface area contributed by atoms with Crippen molar-refractivity contribution in [1.82, 2.24) is 9.55 Å². The van der Waals surface area contributed by atoms with Crippen molar-refractivity contribution < 1.29 is 4.74 Å². The largest absolute Gasteiger partial charge is 0.488 e. The van der Waals surface area contributed by atoms with Crippen LogP contribution in [0, 0.1) is 6.92 Å². The fraction of sp³-hybridized carbons (Fsp3) is 0.158. The molecule has 0 N–H and O–H groups in total. The van der Waals surface area contributed by atoms with Crippen LogP contribution in [0.2, 0.25) is 5.15 Å². The molecule has 4 nitrogen and oxygen atoms in total. The normalized spacial score (nSPS) is 10.6. The first-order chi connectivity index (χ1) is 11.6. The maximum Gasteiger partial charge on any atom is 0.250 e. The Kier molecular flexibility index (Phi) is 4.96. The topological polar surface area (TPSA) is 44.1 Å². The van der Waals surface area contributed by atoms with Crippen molar-refractivity contribution in [1.29, 1.82) is 0 Å². The molecular weight excluding hydrogens is 324 g/mol. The predicted octanol–water partition coefficient (Wildman–Crippen LogP) is 3.83. The van der Waals surface area contributed by atoms with E-state index in [0.717, 1.165) is 22.4 Å². The molecule has 0 atom stereocenters. The number of halogens is 1. The number of hydrogen-bond donors (Lipinski definition) is 0. The van der Waals surface area contributed by atoms with E-state index >= 15 is 0 Å². The predicted molar refractivity (Wildman–Crippen MR) is 94.6 cm³/mol. The Bertz CT molecular complexity index is 888. The molecule has 0 amide bonds. The van der Waals surface area contributed by atoms with Crippen LogP contribution in [0.5, 0.6) is 5.75 Å². The van der Waals surface area contributed by atoms with Gasteiger partial charge in [0.2, 0.25) is 0 Å². The van der Waals surface area contributed by atoms with Crippen molar-refractivity contribution in [3.05, 3.63) is 93.1 Å². The van der Waals surface area contributed by atoms with Gasteiger partial charge in [-0.05, 0) is 24.1 Å². The molecule has 0 fully saturated rings. The average molecular weight is 341 g/mol. The maximum absolute atomic E-state index is 11.7. The van der Waals surface area contributed by atoms with Gasteiger partial charge in [-0.2, -0.15) is 0 Å². The van der Waals surface area contributed by atoms with Crippen LogP contribution < -0.4 is 10.3 Å². The van der Waals surface area contributed by atoms with E-state index in [4.69, 9.17) is 16.3 Å². The minimum atomic E-state index is -0.00468. The van der Waals surface area contributed by atoms with Crippen molar-refractivity contribution in [3.8, 4) is 5.75 Å². The summed E-state index contributed by atoms with van der Waals surface area (Å²) in [7, 11) is 0. The highest BCUT2D eigenvalue weighted by Crippen LogP contribution is 2.21. The van der Waals surface area contributed by atoms with Gasteiger partial charge < -0.3 is 9.30 Å². The number of rotatable bonds is 5. The molecule has 122 valence electrons. The monoisotopic (exact) mass is 340 g/mol. The lowest BCUT2D eigenvalue weighted by Gasteiger charge is -2.10. The van der Waals surface area contributed by atoms with Crippen LogP contribution in [-0.2, 0) is 13.2 Å². The molecule has 24 heavy (non-hydrogen) atoms. The van der Waals surface area contributed by atoms with E-state index < -0.39 is 0 Å². The van der Waals surface area contributed by atoms with Crippen LogP contribution in [0.25, 0.3) is 0 Å². The maximum atomic E-state index is 11.7. The highest BCUT2D eigenvalue weighted by atomic mass is 35.5. The molecule has 3 aromatic rings. The summed E-state index contributed by atoms with van der Waals surface area (Å²) >= 11 is 5.89. The zero-order valence-electron chi connectivity index (χ0n) is 13.3. The van der Waals surface area contributed by atoms with Crippen molar-refractivity contribution in [2.75, 3.05) is 0 Å². The zero-order valence-corrected chi connectivity index (χ0v) is 14.0. The number of pyridine rings is 2. The molecule has 5 heteroatoms. The molecule has 0 unspecified atom stereocenters. The molecule has 0 radical (unpaired) electrons. The Morgan fingerprint density at radius 3 is 2.62 bits per heavy atom. The number of aryl methyl sites for hydroxylation is 1. The minimum absolute atomic E-state index is 0.00468. The van der Waals surface area contributed by atoms with Gasteiger partial charge in [0.1, 0.15) is 17.5 Å². The summed E-state index contributed by atoms with van der Waals surface area (Å²) in [5.41, 5.74) is 3.05. The highest BCUT2D eigenvalue weighted by molar-refractivity contribution is 6.29. The van der Waals surface area contributed by atoms with Crippen molar-refractivity contribution in [2.45, 2.75) is 20.1 Å². The number of ether oxygens (including phenoxy) is 1. The molecule has 0 spiro atoms. The van der Waals surface area contributed by atoms with Crippen molar-refractivity contribution >= 4 is 11.6 Å². The van der Waals surface area contributed by atoms with E-state index in [1.807, 2.05) is 37.3 Å². The van der Waals surface area contributed by atoms with E-state index in [1.165, 1.54) is 0 Å². The number of hydrogen-bond acceptors (Lipinski definition) is 3. The van der Waals surface area contributed by atoms with Gasteiger partial charge in [0.15, 0.2) is 0 Å². The summed E-state index contributed by atoms with van der Waals surface area (Å²) in [5.74, 6) is 0.731. The molecule has 1 aromatic carbocycles. The standard InChI is InChI=1S/C19H17ClN2O2/c1-14-11-21-18(20)10-17(14)24-13-16-7-5-15(6-8-16)12-22-9-3-2-4-19(22)23/h2-11H,12-13H2,1H3. The molecule has 0 bridgehead atoms. The second-order valence-electron chi connectivity index (χ2n) is 5.54. The third-order valence-electron chi connectivity index (χ3n) is 3.69. The summed E-state index contributed by atoms with van der Waals surface area (Å²) in [6, 6.07) is 14.9. The van der Waals surface area contributed by atoms with Crippen molar-refractivity contribution in [2.24, 2.45) is 0 Å². The fourth-order valence-electron chi connectivity index (χ4n) is 2.33. The Morgan fingerprint density at radius 1 is 1.12 bits per heavy atom. The number of aromatic nitrogens is 2. The second kappa shape index (κ2) is 7.32. The third-order valence-corrected chi connectivity index (χ3v) is 3.90. The number of benzene rings is 1. The van der Waals surface area contributed by atoms with Gasteiger partial charge >= 0.3 is 0 Å². The Labute approximate surface area is 145 Å². The highest BCUT2D eigenvalue weighted by Gasteiger charge is 2.03. The first-order valence-electron chi connectivity index (χ1n) is 7.60. The van der Waals surface area contributed by atoms with Crippen LogP contribution in [0.15, 0.2) is 65.7 Å². The van der Waals surface area contributed by atoms with Crippen LogP contribution in [0.1, 0.15) is 16.7 Å². The molecule has 0 aliphatic heterocycles. The first-order valence-corrected chi connectivity index (χ1v) is 7.98. The summed E-state index contributed by atoms with van der Waals surface area (Å²) in [4.78, 5) is 15.7. The van der Waals surface area contributed by atoms with E-state index in [0.29, 0.717) is 18.3 Å². The van der Waals surface area contributed by atoms with Gasteiger partial charge in [-0.25, -0.2) is 4.98 Å². The number of nitrogens with zero attached hydrogens (tertiary/aromatic N) is 2. The van der Waals surface area contributed by atoms with E-state index in [9.17, 15) is 4.79 Å². The molecule has 2 heterocycles. The fourth-order valence-corrected chi connectivity index (χ4v) is 2.47. The average Bonchev–Trinajstić information content (AvgIpc) is 2.59. The second-order valence-corrected chi connectivity index (χ2v) is 5.93. The molecule has 0 aliphatic carbocycles. The van der Waals surface area contributed by atoms with Gasteiger partial charge in [0.05, 0.1) is 6.54 Å². The lowest BCUT2D eigenvalue weighted by atomic mass is 10.1. The third kappa shape index (κ3) is 4.03. The molecule has 0 saturated carbocycles. The molecule has 0 aliphatic rings. The lowest BCUT2D eigenvalue weighted by molar-refractivity contribution is 0.303. The SMILES string of the molecule is Cc1cnc(Cl)cc1OCc1ccc(Cn2ccccc2=O)cc1. The van der Waals surface area contributed by atoms with Crippen LogP contribution >= 0.6 is 11.6 Å². The smallest absolute Gasteiger partial charge is 0.250 e. The molecule has 2 aromatic heterocycles. The van der Waals surface area contributed by atoms with E-state index in [1.54, 1.807) is 35.2 Å². The van der Waals surface area contributed by atoms with E-state index in [-0.39, 0.29) is 5.56 Å². The Morgan fingerprint density at radius 2 is 1.88 bits per heavy atom. The van der Waals surface area contributed by atoms with Crippen LogP contribution in [0.3, 0.4) is 0 Å². The zero-order chi connectivity index (χ0) is 16.9. The molecular formula is C19H17ClN2O2. The van der Waals surface area contributed by atoms with Crippen LogP contribution in [-0.4, -0.2) is 9.55 Å². The summed E-state index contributed by atoms with van der Waals surface area (Å²) in [6.45, 7) is 2.94. The van der Waals surface area contributed by atoms with Crippen LogP contribution in [0.4, 0.5) is 0 Å². The summed E-state index contributed by atoms with van der Waals surface area (Å²) in [5, 5.41) is 0.416. The molecule has 3 rings (SSSR count). The molecule has 0 saturated heterocycles. The Hall–Kier alpha value is -2.59. The lowest BCUT2D eigenvalue weighted by Crippen LogP contribution is -2.18. The first kappa shape index (κ1) is 16.3. The van der Waals surface area contributed by atoms with Gasteiger partial charge in [0, 0.05) is 30.1 Å². The van der Waals surface area contributed by atoms with Gasteiger partial charge in [-0.1, -0.05) is 41.9 Å². The van der Waals surface area contributed by atoms with Gasteiger partial charge in [-0.15, -0.1) is 0 Å². The van der Waals surface area contributed by atoms with Gasteiger partial charge in [-0.3, -0.25) is 4.79 Å². The summed E-state index contributed by atoms with van der Waals surface area (Å²) < 4.78 is 7.48. The Balaban J connectivity index is 1.65. The van der Waals surface area contributed by atoms with Gasteiger partial charge in [0.25, 0.3) is 5.56 Å². The quantitative estimate of drug-likeness (QED) is 0.663. The van der Waals surface area contributed by atoms with E-state index in [2.05, 4.69) is 4.98 Å². The minimum Gasteiger partial charge on any atom is -0.488 e. The van der Waals surface area contributed by atoms with Crippen molar-refractivity contribution in [3.63, 3.8) is 0 Å².